The molecule has 2 rings (SSSR count). The fourth-order valence-electron chi connectivity index (χ4n) is 2.18. The first-order valence-electron chi connectivity index (χ1n) is 7.00. The molecule has 21 heavy (non-hydrogen) atoms. The zero-order chi connectivity index (χ0) is 15.2. The smallest absolute Gasteiger partial charge is 0.123 e. The molecule has 1 aromatic carbocycles. The third kappa shape index (κ3) is 4.56. The predicted octanol–water partition coefficient (Wildman–Crippen LogP) is 2.52. The number of halogens is 1. The number of nitrogens with two attached hydrogens (primary N) is 1. The Labute approximate surface area is 128 Å². The van der Waals surface area contributed by atoms with E-state index in [0.29, 0.717) is 0 Å². The minimum atomic E-state index is -0.213. The quantitative estimate of drug-likeness (QED) is 0.469. The van der Waals surface area contributed by atoms with Crippen molar-refractivity contribution < 1.29 is 4.39 Å². The lowest BCUT2D eigenvalue weighted by atomic mass is 10.2. The fraction of sp³-hybridized carbons (Fsp3) is 0.400. The highest BCUT2D eigenvalue weighted by Crippen LogP contribution is 2.20. The Morgan fingerprint density at radius 3 is 2.71 bits per heavy atom. The Morgan fingerprint density at radius 2 is 2.10 bits per heavy atom. The predicted molar refractivity (Wildman–Crippen MR) is 84.6 cm³/mol. The molecule has 0 radical (unpaired) electrons. The molecule has 1 atom stereocenters. The molecule has 3 N–H and O–H groups in total. The van der Waals surface area contributed by atoms with Crippen molar-refractivity contribution in [3.63, 3.8) is 0 Å². The van der Waals surface area contributed by atoms with Gasteiger partial charge in [0.05, 0.1) is 5.69 Å². The number of nitrogens with zero attached hydrogens (tertiary/aromatic N) is 2. The highest BCUT2D eigenvalue weighted by Gasteiger charge is 2.12. The van der Waals surface area contributed by atoms with E-state index in [4.69, 9.17) is 5.84 Å². The van der Waals surface area contributed by atoms with Gasteiger partial charge < -0.3 is 0 Å². The molecule has 114 valence electrons. The molecule has 1 unspecified atom stereocenters. The van der Waals surface area contributed by atoms with Crippen LogP contribution in [0.1, 0.15) is 18.3 Å². The van der Waals surface area contributed by atoms with Gasteiger partial charge in [-0.1, -0.05) is 0 Å². The number of benzene rings is 1. The molecule has 0 spiro atoms. The first-order chi connectivity index (χ1) is 10.1. The zero-order valence-electron chi connectivity index (χ0n) is 12.3. The number of aromatic nitrogens is 2. The summed E-state index contributed by atoms with van der Waals surface area (Å²) in [6.45, 7) is 4.92. The second-order valence-corrected chi connectivity index (χ2v) is 6.02. The van der Waals surface area contributed by atoms with E-state index in [1.807, 2.05) is 11.6 Å². The minimum Gasteiger partial charge on any atom is -0.271 e. The number of hydrazine groups is 1. The molecule has 0 fully saturated rings. The van der Waals surface area contributed by atoms with Crippen molar-refractivity contribution >= 4 is 11.8 Å². The molecule has 0 aliphatic carbocycles. The first kappa shape index (κ1) is 16.0. The average Bonchev–Trinajstić information content (AvgIpc) is 2.85. The Hall–Kier alpha value is -1.37. The summed E-state index contributed by atoms with van der Waals surface area (Å²) < 4.78 is 14.9. The molecule has 1 heterocycles. The molecule has 0 saturated heterocycles. The largest absolute Gasteiger partial charge is 0.271 e. The maximum atomic E-state index is 12.9. The van der Waals surface area contributed by atoms with Crippen LogP contribution in [0.2, 0.25) is 0 Å². The lowest BCUT2D eigenvalue weighted by Crippen LogP contribution is -2.39. The van der Waals surface area contributed by atoms with E-state index in [1.54, 1.807) is 23.9 Å². The van der Waals surface area contributed by atoms with Crippen LogP contribution in [-0.2, 0) is 13.0 Å². The Kier molecular flexibility index (Phi) is 5.78. The van der Waals surface area contributed by atoms with Crippen LogP contribution in [0.15, 0.2) is 35.2 Å². The van der Waals surface area contributed by atoms with Gasteiger partial charge in [-0.05, 0) is 44.2 Å². The number of hydrogen-bond acceptors (Lipinski definition) is 4. The van der Waals surface area contributed by atoms with E-state index < -0.39 is 0 Å². The average molecular weight is 308 g/mol. The minimum absolute atomic E-state index is 0.140. The summed E-state index contributed by atoms with van der Waals surface area (Å²) in [5.74, 6) is 6.26. The van der Waals surface area contributed by atoms with Crippen molar-refractivity contribution in [3.05, 3.63) is 47.5 Å². The van der Waals surface area contributed by atoms with Gasteiger partial charge >= 0.3 is 0 Å². The third-order valence-electron chi connectivity index (χ3n) is 3.24. The second kappa shape index (κ2) is 7.59. The van der Waals surface area contributed by atoms with Gasteiger partial charge in [-0.2, -0.15) is 5.10 Å². The van der Waals surface area contributed by atoms with Crippen LogP contribution >= 0.6 is 11.8 Å². The number of hydrogen-bond donors (Lipinski definition) is 2. The maximum absolute atomic E-state index is 12.9. The third-order valence-corrected chi connectivity index (χ3v) is 4.42. The van der Waals surface area contributed by atoms with Gasteiger partial charge in [-0.25, -0.2) is 4.39 Å². The molecule has 0 amide bonds. The normalized spacial score (nSPS) is 12.6. The molecule has 0 aliphatic heterocycles. The van der Waals surface area contributed by atoms with Crippen LogP contribution in [0.3, 0.4) is 0 Å². The summed E-state index contributed by atoms with van der Waals surface area (Å²) >= 11 is 1.66. The molecular weight excluding hydrogens is 287 g/mol. The summed E-state index contributed by atoms with van der Waals surface area (Å²) in [4.78, 5) is 1.04. The molecule has 2 aromatic rings. The number of thioether (sulfide) groups is 1. The summed E-state index contributed by atoms with van der Waals surface area (Å²) in [5.41, 5.74) is 5.06. The van der Waals surface area contributed by atoms with Gasteiger partial charge in [0.1, 0.15) is 5.82 Å². The van der Waals surface area contributed by atoms with Gasteiger partial charge in [0, 0.05) is 35.3 Å². The van der Waals surface area contributed by atoms with Crippen molar-refractivity contribution in [1.29, 1.82) is 0 Å². The van der Waals surface area contributed by atoms with Gasteiger partial charge in [-0.15, -0.1) is 11.8 Å². The second-order valence-electron chi connectivity index (χ2n) is 4.93. The number of aryl methyl sites for hydroxylation is 2. The van der Waals surface area contributed by atoms with Crippen molar-refractivity contribution in [3.8, 4) is 0 Å². The summed E-state index contributed by atoms with van der Waals surface area (Å²) in [7, 11) is 0. The fourth-order valence-corrected chi connectivity index (χ4v) is 3.12. The molecular formula is C15H21FN4S. The van der Waals surface area contributed by atoms with Gasteiger partial charge in [0.15, 0.2) is 0 Å². The van der Waals surface area contributed by atoms with Crippen LogP contribution in [0.25, 0.3) is 0 Å². The van der Waals surface area contributed by atoms with Crippen LogP contribution in [0, 0.1) is 12.7 Å². The topological polar surface area (TPSA) is 55.9 Å². The highest BCUT2D eigenvalue weighted by atomic mass is 32.2. The molecule has 0 saturated carbocycles. The van der Waals surface area contributed by atoms with E-state index in [0.717, 1.165) is 29.3 Å². The maximum Gasteiger partial charge on any atom is 0.123 e. The van der Waals surface area contributed by atoms with Gasteiger partial charge in [0.2, 0.25) is 0 Å². The van der Waals surface area contributed by atoms with Crippen LogP contribution in [-0.4, -0.2) is 21.6 Å². The Bertz CT molecular complexity index is 568. The SMILES string of the molecule is CCn1nc(C)cc1CC(CSc1ccc(F)cc1)NN. The van der Waals surface area contributed by atoms with E-state index >= 15 is 0 Å². The molecule has 0 bridgehead atoms. The Balaban J connectivity index is 1.95. The van der Waals surface area contributed by atoms with E-state index in [1.165, 1.54) is 17.8 Å². The first-order valence-corrected chi connectivity index (χ1v) is 7.98. The van der Waals surface area contributed by atoms with Crippen molar-refractivity contribution in [2.75, 3.05) is 5.75 Å². The molecule has 6 heteroatoms. The monoisotopic (exact) mass is 308 g/mol. The molecule has 4 nitrogen and oxygen atoms in total. The van der Waals surface area contributed by atoms with Crippen molar-refractivity contribution in [1.82, 2.24) is 15.2 Å². The van der Waals surface area contributed by atoms with Gasteiger partial charge in [0.25, 0.3) is 0 Å². The van der Waals surface area contributed by atoms with Crippen molar-refractivity contribution in [2.45, 2.75) is 37.8 Å². The van der Waals surface area contributed by atoms with Gasteiger partial charge in [-0.3, -0.25) is 16.0 Å². The summed E-state index contributed by atoms with van der Waals surface area (Å²) in [6.07, 6.45) is 0.819. The highest BCUT2D eigenvalue weighted by molar-refractivity contribution is 7.99. The Morgan fingerprint density at radius 1 is 1.38 bits per heavy atom. The van der Waals surface area contributed by atoms with Crippen LogP contribution < -0.4 is 11.3 Å². The lowest BCUT2D eigenvalue weighted by molar-refractivity contribution is 0.534. The van der Waals surface area contributed by atoms with Crippen molar-refractivity contribution in [2.24, 2.45) is 5.84 Å². The van der Waals surface area contributed by atoms with Crippen LogP contribution in [0.5, 0.6) is 0 Å². The van der Waals surface area contributed by atoms with E-state index in [9.17, 15) is 4.39 Å². The molecule has 1 aromatic heterocycles. The number of nitrogens with one attached hydrogen (secondary N) is 1. The number of rotatable bonds is 7. The van der Waals surface area contributed by atoms with E-state index in [-0.39, 0.29) is 11.9 Å². The molecule has 0 aliphatic rings. The summed E-state index contributed by atoms with van der Waals surface area (Å²) in [6, 6.07) is 8.76. The van der Waals surface area contributed by atoms with E-state index in [2.05, 4.69) is 23.5 Å². The standard InChI is InChI=1S/C15H21FN4S/c1-3-20-14(8-11(2)19-20)9-13(18-17)10-21-15-6-4-12(16)5-7-15/h4-8,13,18H,3,9-10,17H2,1-2H3. The lowest BCUT2D eigenvalue weighted by Gasteiger charge is -2.16. The summed E-state index contributed by atoms with van der Waals surface area (Å²) in [5, 5.41) is 4.44. The zero-order valence-corrected chi connectivity index (χ0v) is 13.2. The van der Waals surface area contributed by atoms with Crippen LogP contribution in [0.4, 0.5) is 4.39 Å².